The van der Waals surface area contributed by atoms with E-state index in [1.807, 2.05) is 36.5 Å². The summed E-state index contributed by atoms with van der Waals surface area (Å²) in [5, 5.41) is 7.71. The summed E-state index contributed by atoms with van der Waals surface area (Å²) in [6, 6.07) is 12.2. The predicted octanol–water partition coefficient (Wildman–Crippen LogP) is 2.93. The molecule has 35 heavy (non-hydrogen) atoms. The van der Waals surface area contributed by atoms with Gasteiger partial charge in [0.05, 0.1) is 22.1 Å². The third-order valence-electron chi connectivity index (χ3n) is 6.64. The zero-order valence-corrected chi connectivity index (χ0v) is 20.2. The largest absolute Gasteiger partial charge is 0.367 e. The van der Waals surface area contributed by atoms with Crippen LogP contribution in [-0.4, -0.2) is 65.2 Å². The second-order valence-corrected chi connectivity index (χ2v) is 10.0. The number of H-pyrrole nitrogens is 1. The number of anilines is 3. The SMILES string of the molecule is O=c1[nH]c(N2CCN(c3cccnc3)CC2)nc(NC2CCCNC2)c1-c1nc2ccccc2s1. The fraction of sp³-hybridized carbons (Fsp3) is 0.360. The maximum atomic E-state index is 13.5. The van der Waals surface area contributed by atoms with Crippen molar-refractivity contribution >= 4 is 39.0 Å². The van der Waals surface area contributed by atoms with Crippen molar-refractivity contribution in [3.63, 3.8) is 0 Å². The first-order chi connectivity index (χ1) is 17.2. The van der Waals surface area contributed by atoms with E-state index in [4.69, 9.17) is 9.97 Å². The van der Waals surface area contributed by atoms with Gasteiger partial charge in [-0.25, -0.2) is 4.98 Å². The lowest BCUT2D eigenvalue weighted by Gasteiger charge is -2.36. The summed E-state index contributed by atoms with van der Waals surface area (Å²) in [4.78, 5) is 35.0. The maximum absolute atomic E-state index is 13.5. The van der Waals surface area contributed by atoms with Gasteiger partial charge in [-0.2, -0.15) is 4.98 Å². The molecule has 0 amide bonds. The molecule has 4 aromatic rings. The van der Waals surface area contributed by atoms with Gasteiger partial charge in [-0.15, -0.1) is 11.3 Å². The maximum Gasteiger partial charge on any atom is 0.264 e. The number of aromatic amines is 1. The number of nitrogens with zero attached hydrogens (tertiary/aromatic N) is 5. The van der Waals surface area contributed by atoms with Gasteiger partial charge in [-0.3, -0.25) is 14.8 Å². The number of para-hydroxylation sites is 1. The van der Waals surface area contributed by atoms with E-state index in [0.29, 0.717) is 22.3 Å². The molecule has 9 nitrogen and oxygen atoms in total. The van der Waals surface area contributed by atoms with E-state index in [-0.39, 0.29) is 11.6 Å². The molecule has 1 atom stereocenters. The number of aromatic nitrogens is 4. The van der Waals surface area contributed by atoms with Crippen LogP contribution in [0, 0.1) is 0 Å². The van der Waals surface area contributed by atoms with Crippen LogP contribution in [0.5, 0.6) is 0 Å². The van der Waals surface area contributed by atoms with E-state index in [1.54, 1.807) is 6.20 Å². The smallest absolute Gasteiger partial charge is 0.264 e. The topological polar surface area (TPSA) is 102 Å². The molecule has 6 rings (SSSR count). The van der Waals surface area contributed by atoms with Gasteiger partial charge in [0.2, 0.25) is 5.95 Å². The minimum Gasteiger partial charge on any atom is -0.367 e. The predicted molar refractivity (Wildman–Crippen MR) is 142 cm³/mol. The van der Waals surface area contributed by atoms with Crippen LogP contribution in [0.15, 0.2) is 53.6 Å². The number of rotatable bonds is 5. The van der Waals surface area contributed by atoms with Crippen LogP contribution in [-0.2, 0) is 0 Å². The Morgan fingerprint density at radius 2 is 1.89 bits per heavy atom. The molecule has 5 heterocycles. The molecule has 10 heteroatoms. The molecule has 1 unspecified atom stereocenters. The number of nitrogens with one attached hydrogen (secondary N) is 3. The zero-order chi connectivity index (χ0) is 23.6. The van der Waals surface area contributed by atoms with E-state index >= 15 is 0 Å². The lowest BCUT2D eigenvalue weighted by atomic mass is 10.1. The second kappa shape index (κ2) is 9.63. The summed E-state index contributed by atoms with van der Waals surface area (Å²) in [5.74, 6) is 1.23. The van der Waals surface area contributed by atoms with Gasteiger partial charge in [-0.1, -0.05) is 12.1 Å². The van der Waals surface area contributed by atoms with E-state index in [9.17, 15) is 4.79 Å². The highest BCUT2D eigenvalue weighted by molar-refractivity contribution is 7.21. The van der Waals surface area contributed by atoms with Gasteiger partial charge < -0.3 is 20.4 Å². The molecule has 1 aromatic carbocycles. The fourth-order valence-corrected chi connectivity index (χ4v) is 5.79. The first kappa shape index (κ1) is 22.0. The number of pyridine rings is 1. The summed E-state index contributed by atoms with van der Waals surface area (Å²) in [6.45, 7) is 5.09. The van der Waals surface area contributed by atoms with Crippen LogP contribution in [0.1, 0.15) is 12.8 Å². The number of piperidine rings is 1. The summed E-state index contributed by atoms with van der Waals surface area (Å²) in [7, 11) is 0. The van der Waals surface area contributed by atoms with Crippen LogP contribution in [0.2, 0.25) is 0 Å². The zero-order valence-electron chi connectivity index (χ0n) is 19.4. The molecule has 180 valence electrons. The molecule has 0 aliphatic carbocycles. The molecule has 2 aliphatic heterocycles. The Labute approximate surface area is 207 Å². The van der Waals surface area contributed by atoms with Gasteiger partial charge in [0, 0.05) is 45.0 Å². The standard InChI is InChI=1S/C25H28N8OS/c34-23-21(24-29-19-7-1-2-8-20(19)35-24)22(28-17-5-3-9-26-15-17)30-25(31-23)33-13-11-32(12-14-33)18-6-4-10-27-16-18/h1-2,4,6-8,10,16-17,26H,3,5,9,11-15H2,(H2,28,30,31,34). The molecule has 2 aliphatic rings. The average molecular weight is 489 g/mol. The molecule has 3 N–H and O–H groups in total. The van der Waals surface area contributed by atoms with Crippen molar-refractivity contribution < 1.29 is 0 Å². The highest BCUT2D eigenvalue weighted by Crippen LogP contribution is 2.32. The quantitative estimate of drug-likeness (QED) is 0.394. The Balaban J connectivity index is 1.32. The lowest BCUT2D eigenvalue weighted by molar-refractivity contribution is 0.479. The van der Waals surface area contributed by atoms with Gasteiger partial charge in [0.25, 0.3) is 5.56 Å². The Hall–Kier alpha value is -3.50. The summed E-state index contributed by atoms with van der Waals surface area (Å²) < 4.78 is 1.06. The van der Waals surface area contributed by atoms with Crippen LogP contribution in [0.3, 0.4) is 0 Å². The summed E-state index contributed by atoms with van der Waals surface area (Å²) in [5.41, 5.74) is 2.38. The van der Waals surface area contributed by atoms with Gasteiger partial charge >= 0.3 is 0 Å². The molecule has 2 fully saturated rings. The first-order valence-electron chi connectivity index (χ1n) is 12.1. The molecule has 0 radical (unpaired) electrons. The minimum absolute atomic E-state index is 0.157. The summed E-state index contributed by atoms with van der Waals surface area (Å²) in [6.07, 6.45) is 5.82. The monoisotopic (exact) mass is 488 g/mol. The van der Waals surface area contributed by atoms with Crippen molar-refractivity contribution in [3.05, 3.63) is 59.1 Å². The van der Waals surface area contributed by atoms with Crippen molar-refractivity contribution in [2.45, 2.75) is 18.9 Å². The third-order valence-corrected chi connectivity index (χ3v) is 7.70. The Morgan fingerprint density at radius 3 is 2.66 bits per heavy atom. The van der Waals surface area contributed by atoms with Crippen LogP contribution >= 0.6 is 11.3 Å². The molecule has 2 saturated heterocycles. The van der Waals surface area contributed by atoms with Crippen molar-refractivity contribution in [3.8, 4) is 10.6 Å². The number of hydrogen-bond acceptors (Lipinski definition) is 9. The summed E-state index contributed by atoms with van der Waals surface area (Å²) >= 11 is 1.53. The van der Waals surface area contributed by atoms with Crippen LogP contribution in [0.4, 0.5) is 17.5 Å². The van der Waals surface area contributed by atoms with Crippen molar-refractivity contribution in [2.75, 3.05) is 54.4 Å². The number of fused-ring (bicyclic) bond motifs is 1. The van der Waals surface area contributed by atoms with E-state index < -0.39 is 0 Å². The molecule has 3 aromatic heterocycles. The molecule has 0 saturated carbocycles. The Kier molecular flexibility index (Phi) is 6.05. The number of piperazine rings is 1. The Morgan fingerprint density at radius 1 is 1.03 bits per heavy atom. The highest BCUT2D eigenvalue weighted by atomic mass is 32.1. The van der Waals surface area contributed by atoms with Crippen LogP contribution < -0.4 is 26.0 Å². The molecular weight excluding hydrogens is 460 g/mol. The molecule has 0 bridgehead atoms. The number of thiazole rings is 1. The van der Waals surface area contributed by atoms with Gasteiger partial charge in [-0.05, 0) is 43.7 Å². The number of hydrogen-bond donors (Lipinski definition) is 3. The fourth-order valence-electron chi connectivity index (χ4n) is 4.78. The Bertz CT molecular complexity index is 1320. The third kappa shape index (κ3) is 4.59. The highest BCUT2D eigenvalue weighted by Gasteiger charge is 2.25. The molecular formula is C25H28N8OS. The van der Waals surface area contributed by atoms with Crippen molar-refractivity contribution in [1.29, 1.82) is 0 Å². The van der Waals surface area contributed by atoms with E-state index in [1.165, 1.54) is 11.3 Å². The van der Waals surface area contributed by atoms with Crippen molar-refractivity contribution in [2.24, 2.45) is 0 Å². The van der Waals surface area contributed by atoms with Gasteiger partial charge in [0.15, 0.2) is 0 Å². The second-order valence-electron chi connectivity index (χ2n) is 8.97. The average Bonchev–Trinajstić information content (AvgIpc) is 3.33. The minimum atomic E-state index is -0.157. The first-order valence-corrected chi connectivity index (χ1v) is 12.9. The molecule has 0 spiro atoms. The van der Waals surface area contributed by atoms with Crippen LogP contribution in [0.25, 0.3) is 20.8 Å². The number of benzene rings is 1. The van der Waals surface area contributed by atoms with Gasteiger partial charge in [0.1, 0.15) is 16.4 Å². The van der Waals surface area contributed by atoms with Crippen molar-refractivity contribution in [1.82, 2.24) is 25.3 Å². The lowest BCUT2D eigenvalue weighted by Crippen LogP contribution is -2.47. The van der Waals surface area contributed by atoms with E-state index in [2.05, 4.69) is 36.5 Å². The normalized spacial score (nSPS) is 18.7. The van der Waals surface area contributed by atoms with E-state index in [0.717, 1.165) is 68.0 Å².